The lowest BCUT2D eigenvalue weighted by Crippen LogP contribution is -2.46. The summed E-state index contributed by atoms with van der Waals surface area (Å²) in [7, 11) is -0.725. The van der Waals surface area contributed by atoms with E-state index in [-0.39, 0.29) is 18.9 Å². The number of rotatable bonds is 6. The molecular weight excluding hydrogens is 565 g/mol. The lowest BCUT2D eigenvalue weighted by molar-refractivity contribution is -0.126. The summed E-state index contributed by atoms with van der Waals surface area (Å²) in [6.45, 7) is 4.48. The molecule has 0 aliphatic carbocycles. The lowest BCUT2D eigenvalue weighted by Gasteiger charge is -2.33. The first-order chi connectivity index (χ1) is 18.9. The van der Waals surface area contributed by atoms with Crippen LogP contribution in [-0.4, -0.2) is 70.1 Å². The highest BCUT2D eigenvalue weighted by Crippen LogP contribution is 2.47. The van der Waals surface area contributed by atoms with Crippen molar-refractivity contribution in [2.24, 2.45) is 0 Å². The summed E-state index contributed by atoms with van der Waals surface area (Å²) in [5.74, 6) is 6.73. The highest BCUT2D eigenvalue weighted by molar-refractivity contribution is 7.70. The molecule has 0 spiro atoms. The zero-order chi connectivity index (χ0) is 28.7. The Morgan fingerprint density at radius 2 is 1.93 bits per heavy atom. The van der Waals surface area contributed by atoms with Gasteiger partial charge >= 0.3 is 6.18 Å². The van der Waals surface area contributed by atoms with E-state index in [1.165, 1.54) is 11.3 Å². The number of thiophene rings is 1. The summed E-state index contributed by atoms with van der Waals surface area (Å²) in [6, 6.07) is 8.16. The Morgan fingerprint density at radius 3 is 2.65 bits per heavy atom. The number of benzene rings is 2. The summed E-state index contributed by atoms with van der Waals surface area (Å²) in [6.07, 6.45) is -6.01. The summed E-state index contributed by atoms with van der Waals surface area (Å²) in [4.78, 5) is 2.24. The van der Waals surface area contributed by atoms with Crippen LogP contribution in [0.25, 0.3) is 10.1 Å². The van der Waals surface area contributed by atoms with E-state index in [4.69, 9.17) is 9.47 Å². The molecule has 12 heteroatoms. The highest BCUT2D eigenvalue weighted by Gasteiger charge is 2.32. The Labute approximate surface area is 234 Å². The molecule has 2 aliphatic heterocycles. The Balaban J connectivity index is 1.41. The number of nitrogens with zero attached hydrogens (tertiary/aromatic N) is 1. The molecule has 1 fully saturated rings. The topological polar surface area (TPSA) is 62.8 Å². The molecule has 214 valence electrons. The molecule has 2 unspecified atom stereocenters. The smallest absolute Gasteiger partial charge is 0.393 e. The molecule has 1 aromatic heterocycles. The maximum Gasteiger partial charge on any atom is 0.393 e. The number of likely N-dealkylation sites (tertiary alicyclic amines) is 1. The van der Waals surface area contributed by atoms with Crippen LogP contribution in [0.15, 0.2) is 30.3 Å². The molecule has 3 heterocycles. The van der Waals surface area contributed by atoms with Gasteiger partial charge in [0, 0.05) is 13.1 Å². The highest BCUT2D eigenvalue weighted by atomic mass is 32.1. The van der Waals surface area contributed by atoms with Crippen LogP contribution >= 0.6 is 18.5 Å². The molecule has 0 amide bonds. The second-order valence-corrected chi connectivity index (χ2v) is 14.6. The van der Waals surface area contributed by atoms with Crippen LogP contribution < -0.4 is 25.4 Å². The minimum absolute atomic E-state index is 0.00632. The van der Waals surface area contributed by atoms with Crippen molar-refractivity contribution in [3.8, 4) is 23.3 Å². The minimum atomic E-state index is -4.41. The van der Waals surface area contributed by atoms with Gasteiger partial charge in [-0.3, -0.25) is 0 Å². The first-order valence-corrected chi connectivity index (χ1v) is 16.2. The second-order valence-electron chi connectivity index (χ2n) is 10.4. The normalized spacial score (nSPS) is 19.4. The Hall–Kier alpha value is -2.93. The Bertz CT molecular complexity index is 1520. The molecule has 0 radical (unpaired) electrons. The molecule has 2 N–H and O–H groups in total. The fraction of sp³-hybridized carbons (Fsp3) is 0.429. The van der Waals surface area contributed by atoms with E-state index in [1.54, 1.807) is 43.7 Å². The Morgan fingerprint density at radius 1 is 1.15 bits per heavy atom. The molecule has 6 nitrogen and oxygen atoms in total. The average Bonchev–Trinajstić information content (AvgIpc) is 3.48. The van der Waals surface area contributed by atoms with E-state index < -0.39 is 32.0 Å². The van der Waals surface area contributed by atoms with Crippen LogP contribution in [0.4, 0.5) is 28.9 Å². The lowest BCUT2D eigenvalue weighted by atomic mass is 10.0. The van der Waals surface area contributed by atoms with Crippen molar-refractivity contribution < 1.29 is 31.6 Å². The van der Waals surface area contributed by atoms with Gasteiger partial charge in [-0.15, -0.1) is 11.3 Å². The van der Waals surface area contributed by atoms with Crippen molar-refractivity contribution in [1.29, 1.82) is 0 Å². The molecule has 3 aromatic rings. The van der Waals surface area contributed by atoms with Gasteiger partial charge in [-0.2, -0.15) is 13.2 Å². The zero-order valence-corrected chi connectivity index (χ0v) is 24.0. The molecule has 2 aromatic carbocycles. The third-order valence-electron chi connectivity index (χ3n) is 6.93. The monoisotopic (exact) mass is 595 g/mol. The van der Waals surface area contributed by atoms with Crippen LogP contribution in [0.5, 0.6) is 11.5 Å². The van der Waals surface area contributed by atoms with Gasteiger partial charge in [-0.25, -0.2) is 4.39 Å². The molecular formula is C28H30F4N3O3PS. The minimum Gasteiger partial charge on any atom is -0.453 e. The van der Waals surface area contributed by atoms with Crippen molar-refractivity contribution in [2.45, 2.75) is 31.2 Å². The van der Waals surface area contributed by atoms with Crippen LogP contribution in [0.2, 0.25) is 0 Å². The van der Waals surface area contributed by atoms with Crippen LogP contribution in [0.3, 0.4) is 0 Å². The predicted molar refractivity (Wildman–Crippen MR) is 153 cm³/mol. The van der Waals surface area contributed by atoms with E-state index in [0.717, 1.165) is 6.54 Å². The first kappa shape index (κ1) is 28.6. The van der Waals surface area contributed by atoms with E-state index in [0.29, 0.717) is 56.1 Å². The zero-order valence-electron chi connectivity index (χ0n) is 22.3. The second kappa shape index (κ2) is 11.2. The van der Waals surface area contributed by atoms with Crippen LogP contribution in [0.1, 0.15) is 16.9 Å². The van der Waals surface area contributed by atoms with E-state index >= 15 is 0 Å². The number of hydrogen-bond acceptors (Lipinski definition) is 7. The molecule has 2 aliphatic rings. The molecule has 1 saturated heterocycles. The summed E-state index contributed by atoms with van der Waals surface area (Å²) >= 11 is 1.18. The molecule has 5 rings (SSSR count). The number of alkyl halides is 4. The van der Waals surface area contributed by atoms with Gasteiger partial charge in [0.1, 0.15) is 13.3 Å². The maximum atomic E-state index is 14.7. The van der Waals surface area contributed by atoms with Crippen molar-refractivity contribution in [1.82, 2.24) is 4.90 Å². The van der Waals surface area contributed by atoms with E-state index in [1.807, 2.05) is 11.9 Å². The third-order valence-corrected chi connectivity index (χ3v) is 9.64. The predicted octanol–water partition coefficient (Wildman–Crippen LogP) is 5.90. The van der Waals surface area contributed by atoms with Crippen LogP contribution in [-0.2, 0) is 11.0 Å². The van der Waals surface area contributed by atoms with Gasteiger partial charge in [0.15, 0.2) is 11.5 Å². The summed E-state index contributed by atoms with van der Waals surface area (Å²) in [5.41, 5.74) is 1.33. The first-order valence-electron chi connectivity index (χ1n) is 12.8. The SMILES string of the molecule is CN1CCC(Nc2cccc3c(CC(F)(F)F)c(C#CCNc4ccc(P(C)(C)=O)c5c4OCO5)sc23)C(F)C1. The fourth-order valence-corrected chi connectivity index (χ4v) is 7.25. The Kier molecular flexibility index (Phi) is 7.97. The summed E-state index contributed by atoms with van der Waals surface area (Å²) < 4.78 is 79.7. The summed E-state index contributed by atoms with van der Waals surface area (Å²) in [5, 5.41) is 7.43. The van der Waals surface area contributed by atoms with Gasteiger partial charge < -0.3 is 29.6 Å². The van der Waals surface area contributed by atoms with E-state index in [9.17, 15) is 22.1 Å². The van der Waals surface area contributed by atoms with Gasteiger partial charge in [-0.05, 0) is 55.9 Å². The maximum absolute atomic E-state index is 14.7. The largest absolute Gasteiger partial charge is 0.453 e. The molecule has 0 saturated carbocycles. The number of nitrogens with one attached hydrogen (secondary N) is 2. The standard InChI is InChI=1S/C28H30F4N3O3PS/c1-35-13-11-20(19(29)15-35)34-22-7-4-6-17-18(14-28(30,31)32)24(40-27(17)22)8-5-12-33-21-9-10-23(39(2,3)36)26-25(21)37-16-38-26/h4,6-7,9-10,19-20,33-34H,11-16H2,1-3H3. The molecule has 40 heavy (non-hydrogen) atoms. The number of halogens is 4. The van der Waals surface area contributed by atoms with Gasteiger partial charge in [0.05, 0.1) is 45.3 Å². The average molecular weight is 596 g/mol. The molecule has 2 atom stereocenters. The quantitative estimate of drug-likeness (QED) is 0.210. The van der Waals surface area contributed by atoms with E-state index in [2.05, 4.69) is 22.5 Å². The number of ether oxygens (including phenoxy) is 2. The third kappa shape index (κ3) is 6.19. The van der Waals surface area contributed by atoms with Crippen molar-refractivity contribution >= 4 is 45.2 Å². The fourth-order valence-electron chi connectivity index (χ4n) is 4.99. The van der Waals surface area contributed by atoms with Crippen molar-refractivity contribution in [3.63, 3.8) is 0 Å². The van der Waals surface area contributed by atoms with Gasteiger partial charge in [-0.1, -0.05) is 24.0 Å². The number of anilines is 2. The van der Waals surface area contributed by atoms with Crippen LogP contribution in [0, 0.1) is 11.8 Å². The van der Waals surface area contributed by atoms with Crippen molar-refractivity contribution in [2.75, 3.05) is 57.4 Å². The van der Waals surface area contributed by atoms with Gasteiger partial charge in [0.25, 0.3) is 0 Å². The number of hydrogen-bond donors (Lipinski definition) is 2. The van der Waals surface area contributed by atoms with Crippen molar-refractivity contribution in [3.05, 3.63) is 40.8 Å². The number of piperidine rings is 1. The number of fused-ring (bicyclic) bond motifs is 2. The molecule has 0 bridgehead atoms. The van der Waals surface area contributed by atoms with Gasteiger partial charge in [0.2, 0.25) is 6.79 Å².